The summed E-state index contributed by atoms with van der Waals surface area (Å²) in [5.41, 5.74) is 1.19. The molecule has 2 aromatic rings. The zero-order valence-electron chi connectivity index (χ0n) is 18.6. The van der Waals surface area contributed by atoms with Gasteiger partial charge in [-0.15, -0.1) is 0 Å². The molecule has 2 atom stereocenters. The van der Waals surface area contributed by atoms with E-state index in [1.54, 1.807) is 48.5 Å². The van der Waals surface area contributed by atoms with Gasteiger partial charge in [-0.1, -0.05) is 45.0 Å². The second-order valence-corrected chi connectivity index (χ2v) is 10.5. The highest BCUT2D eigenvalue weighted by Gasteiger charge is 2.50. The molecule has 164 valence electrons. The predicted molar refractivity (Wildman–Crippen MR) is 118 cm³/mol. The zero-order valence-corrected chi connectivity index (χ0v) is 18.6. The molecule has 1 saturated carbocycles. The molecule has 0 radical (unpaired) electrons. The molecule has 0 saturated heterocycles. The summed E-state index contributed by atoms with van der Waals surface area (Å²) >= 11 is 0. The van der Waals surface area contributed by atoms with Crippen LogP contribution in [0.4, 0.5) is 0 Å². The van der Waals surface area contributed by atoms with E-state index in [4.69, 9.17) is 0 Å². The fourth-order valence-electron chi connectivity index (χ4n) is 6.19. The summed E-state index contributed by atoms with van der Waals surface area (Å²) in [6.45, 7) is 6.57. The van der Waals surface area contributed by atoms with E-state index in [0.717, 1.165) is 6.42 Å². The zero-order chi connectivity index (χ0) is 22.8. The fourth-order valence-corrected chi connectivity index (χ4v) is 6.19. The van der Waals surface area contributed by atoms with Crippen molar-refractivity contribution in [1.82, 2.24) is 9.80 Å². The first-order valence-corrected chi connectivity index (χ1v) is 11.0. The van der Waals surface area contributed by atoms with Crippen LogP contribution in [0.2, 0.25) is 0 Å². The summed E-state index contributed by atoms with van der Waals surface area (Å²) in [6.07, 6.45) is 2.03. The lowest BCUT2D eigenvalue weighted by Crippen LogP contribution is -2.52. The van der Waals surface area contributed by atoms with Crippen LogP contribution in [-0.4, -0.2) is 46.0 Å². The van der Waals surface area contributed by atoms with E-state index < -0.39 is 5.41 Å². The van der Waals surface area contributed by atoms with Crippen LogP contribution in [0, 0.1) is 10.8 Å². The van der Waals surface area contributed by atoms with Gasteiger partial charge in [-0.2, -0.15) is 0 Å². The number of rotatable bonds is 3. The molecular formula is C26H26N2O4. The van der Waals surface area contributed by atoms with Crippen LogP contribution in [-0.2, 0) is 0 Å². The molecule has 6 nitrogen and oxygen atoms in total. The van der Waals surface area contributed by atoms with Gasteiger partial charge in [0.05, 0.1) is 22.3 Å². The molecular weight excluding hydrogens is 404 g/mol. The van der Waals surface area contributed by atoms with E-state index in [9.17, 15) is 19.2 Å². The van der Waals surface area contributed by atoms with Gasteiger partial charge < -0.3 is 0 Å². The third-order valence-electron chi connectivity index (χ3n) is 7.03. The predicted octanol–water partition coefficient (Wildman–Crippen LogP) is 4.16. The number of fused-ring (bicyclic) bond motifs is 2. The third kappa shape index (κ3) is 3.08. The number of benzene rings is 2. The summed E-state index contributed by atoms with van der Waals surface area (Å²) in [5.74, 6) is -1.05. The second kappa shape index (κ2) is 6.86. The number of carbonyl (C=O) groups is 4. The molecule has 0 bridgehead atoms. The average Bonchev–Trinajstić information content (AvgIpc) is 3.13. The van der Waals surface area contributed by atoms with Gasteiger partial charge >= 0.3 is 0 Å². The summed E-state index contributed by atoms with van der Waals surface area (Å²) in [5, 5.41) is 0. The van der Waals surface area contributed by atoms with E-state index in [0.29, 0.717) is 35.1 Å². The smallest absolute Gasteiger partial charge is 0.261 e. The highest BCUT2D eigenvalue weighted by atomic mass is 16.2. The van der Waals surface area contributed by atoms with Crippen molar-refractivity contribution in [2.24, 2.45) is 10.8 Å². The highest BCUT2D eigenvalue weighted by Crippen LogP contribution is 2.49. The Balaban J connectivity index is 1.44. The number of nitrogens with zero attached hydrogens (tertiary/aromatic N) is 2. The average molecular weight is 431 g/mol. The number of hydrogen-bond donors (Lipinski definition) is 0. The summed E-state index contributed by atoms with van der Waals surface area (Å²) in [4.78, 5) is 54.9. The maximum absolute atomic E-state index is 13.1. The first-order chi connectivity index (χ1) is 15.1. The van der Waals surface area contributed by atoms with Crippen LogP contribution >= 0.6 is 0 Å². The van der Waals surface area contributed by atoms with Crippen molar-refractivity contribution in [1.29, 1.82) is 0 Å². The molecule has 4 amide bonds. The first kappa shape index (κ1) is 20.6. The molecule has 2 unspecified atom stereocenters. The van der Waals surface area contributed by atoms with Crippen LogP contribution < -0.4 is 0 Å². The van der Waals surface area contributed by atoms with Crippen LogP contribution in [0.5, 0.6) is 0 Å². The van der Waals surface area contributed by atoms with E-state index in [1.165, 1.54) is 9.80 Å². The molecule has 5 rings (SSSR count). The van der Waals surface area contributed by atoms with E-state index in [-0.39, 0.29) is 41.6 Å². The van der Waals surface area contributed by atoms with Gasteiger partial charge in [0, 0.05) is 12.6 Å². The number of carbonyl (C=O) groups excluding carboxylic acids is 4. The van der Waals surface area contributed by atoms with E-state index >= 15 is 0 Å². The number of amides is 4. The van der Waals surface area contributed by atoms with Gasteiger partial charge in [-0.25, -0.2) is 0 Å². The molecule has 0 N–H and O–H groups in total. The van der Waals surface area contributed by atoms with Crippen molar-refractivity contribution in [2.75, 3.05) is 6.54 Å². The Morgan fingerprint density at radius 1 is 0.719 bits per heavy atom. The van der Waals surface area contributed by atoms with Gasteiger partial charge in [-0.05, 0) is 54.4 Å². The van der Waals surface area contributed by atoms with Crippen molar-refractivity contribution in [3.63, 3.8) is 0 Å². The Labute approximate surface area is 187 Å². The van der Waals surface area contributed by atoms with Gasteiger partial charge in [0.1, 0.15) is 0 Å². The Kier molecular flexibility index (Phi) is 4.42. The Hall–Kier alpha value is -3.28. The minimum Gasteiger partial charge on any atom is -0.274 e. The van der Waals surface area contributed by atoms with Gasteiger partial charge in [0.15, 0.2) is 0 Å². The van der Waals surface area contributed by atoms with Crippen molar-refractivity contribution in [3.05, 3.63) is 70.8 Å². The van der Waals surface area contributed by atoms with E-state index in [1.807, 2.05) is 0 Å². The SMILES string of the molecule is CC1(C)CC(N2C(=O)c3ccccc3C2=O)CC(C)(CN2C(=O)c3ccccc3C2=O)C1. The maximum atomic E-state index is 13.1. The van der Waals surface area contributed by atoms with Crippen LogP contribution in [0.1, 0.15) is 81.5 Å². The number of hydrogen-bond acceptors (Lipinski definition) is 4. The lowest BCUT2D eigenvalue weighted by Gasteiger charge is -2.49. The Morgan fingerprint density at radius 3 is 1.62 bits per heavy atom. The van der Waals surface area contributed by atoms with Crippen LogP contribution in [0.3, 0.4) is 0 Å². The molecule has 6 heteroatoms. The standard InChI is InChI=1S/C26H26N2O4/c1-25(2)12-16(28-23(31)19-10-6-7-11-20(19)24(28)32)13-26(3,14-25)15-27-21(29)17-8-4-5-9-18(17)22(27)30/h4-11,16H,12-15H2,1-3H3. The monoisotopic (exact) mass is 430 g/mol. The lowest BCUT2D eigenvalue weighted by molar-refractivity contribution is 0.00557. The first-order valence-electron chi connectivity index (χ1n) is 11.0. The topological polar surface area (TPSA) is 74.8 Å². The lowest BCUT2D eigenvalue weighted by atomic mass is 9.62. The molecule has 32 heavy (non-hydrogen) atoms. The summed E-state index contributed by atoms with van der Waals surface area (Å²) in [6, 6.07) is 13.5. The quantitative estimate of drug-likeness (QED) is 0.685. The van der Waals surface area contributed by atoms with Crippen molar-refractivity contribution >= 4 is 23.6 Å². The summed E-state index contributed by atoms with van der Waals surface area (Å²) < 4.78 is 0. The van der Waals surface area contributed by atoms with Gasteiger partial charge in [-0.3, -0.25) is 29.0 Å². The second-order valence-electron chi connectivity index (χ2n) is 10.5. The highest BCUT2D eigenvalue weighted by molar-refractivity contribution is 6.22. The Bertz CT molecular complexity index is 1110. The minimum absolute atomic E-state index is 0.161. The fraction of sp³-hybridized carbons (Fsp3) is 0.385. The molecule has 1 fully saturated rings. The van der Waals surface area contributed by atoms with Gasteiger partial charge in [0.25, 0.3) is 23.6 Å². The van der Waals surface area contributed by atoms with Crippen LogP contribution in [0.25, 0.3) is 0 Å². The maximum Gasteiger partial charge on any atom is 0.261 e. The molecule has 0 spiro atoms. The number of imide groups is 2. The summed E-state index contributed by atoms with van der Waals surface area (Å²) in [7, 11) is 0. The van der Waals surface area contributed by atoms with Gasteiger partial charge in [0.2, 0.25) is 0 Å². The molecule has 2 heterocycles. The molecule has 0 aromatic heterocycles. The van der Waals surface area contributed by atoms with Crippen molar-refractivity contribution in [2.45, 2.75) is 46.1 Å². The molecule has 3 aliphatic rings. The Morgan fingerprint density at radius 2 is 1.16 bits per heavy atom. The van der Waals surface area contributed by atoms with Crippen molar-refractivity contribution < 1.29 is 19.2 Å². The molecule has 1 aliphatic carbocycles. The normalized spacial score (nSPS) is 26.5. The van der Waals surface area contributed by atoms with E-state index in [2.05, 4.69) is 20.8 Å². The van der Waals surface area contributed by atoms with Crippen molar-refractivity contribution in [3.8, 4) is 0 Å². The largest absolute Gasteiger partial charge is 0.274 e. The molecule has 2 aliphatic heterocycles. The van der Waals surface area contributed by atoms with Crippen LogP contribution in [0.15, 0.2) is 48.5 Å². The minimum atomic E-state index is -0.422. The molecule has 2 aromatic carbocycles. The third-order valence-corrected chi connectivity index (χ3v) is 7.03.